The van der Waals surface area contributed by atoms with Crippen LogP contribution in [0, 0.1) is 16.0 Å². The zero-order valence-electron chi connectivity index (χ0n) is 15.2. The molecule has 0 amide bonds. The molecule has 27 heavy (non-hydrogen) atoms. The van der Waals surface area contributed by atoms with Gasteiger partial charge in [-0.2, -0.15) is 0 Å². The molecule has 0 radical (unpaired) electrons. The van der Waals surface area contributed by atoms with Gasteiger partial charge in [0.2, 0.25) is 10.0 Å². The van der Waals surface area contributed by atoms with Crippen LogP contribution >= 0.6 is 11.8 Å². The third-order valence-electron chi connectivity index (χ3n) is 3.80. The van der Waals surface area contributed by atoms with E-state index < -0.39 is 14.9 Å². The van der Waals surface area contributed by atoms with Crippen LogP contribution in [0.25, 0.3) is 0 Å². The summed E-state index contributed by atoms with van der Waals surface area (Å²) in [5, 5.41) is 19.7. The first-order chi connectivity index (χ1) is 12.7. The molecule has 0 aliphatic carbocycles. The Morgan fingerprint density at radius 1 is 1.19 bits per heavy atom. The van der Waals surface area contributed by atoms with E-state index in [4.69, 9.17) is 5.14 Å². The number of primary sulfonamides is 1. The number of rotatable bonds is 9. The van der Waals surface area contributed by atoms with Crippen molar-refractivity contribution in [3.63, 3.8) is 0 Å². The van der Waals surface area contributed by atoms with Crippen LogP contribution in [0.5, 0.6) is 0 Å². The quantitative estimate of drug-likeness (QED) is 0.369. The first-order valence-corrected chi connectivity index (χ1v) is 11.0. The van der Waals surface area contributed by atoms with Crippen molar-refractivity contribution in [2.45, 2.75) is 36.1 Å². The lowest BCUT2D eigenvalue weighted by atomic mass is 10.0. The Balaban J connectivity index is 2.23. The van der Waals surface area contributed by atoms with Crippen molar-refractivity contribution in [3.05, 3.63) is 58.6 Å². The Hall–Kier alpha value is -2.10. The maximum Gasteiger partial charge on any atom is 0.293 e. The van der Waals surface area contributed by atoms with Gasteiger partial charge in [0.15, 0.2) is 0 Å². The highest BCUT2D eigenvalue weighted by Gasteiger charge is 2.21. The lowest BCUT2D eigenvalue weighted by Gasteiger charge is -2.21. The highest BCUT2D eigenvalue weighted by atomic mass is 32.2. The van der Waals surface area contributed by atoms with Gasteiger partial charge in [0.05, 0.1) is 9.82 Å². The standard InChI is InChI=1S/C18H23N3O4S2/c1-13(2)10-14(12-26-15-6-4-3-5-7-15)20-17-9-8-16(27(19,24)25)11-18(17)21(22)23/h3-9,11,13-14,20H,10,12H2,1-2H3,(H2,19,24,25)/t14-/m0/s1. The normalized spacial score (nSPS) is 12.7. The van der Waals surface area contributed by atoms with Crippen LogP contribution in [0.1, 0.15) is 20.3 Å². The van der Waals surface area contributed by atoms with E-state index in [9.17, 15) is 18.5 Å². The number of hydrogen-bond donors (Lipinski definition) is 2. The van der Waals surface area contributed by atoms with Gasteiger partial charge in [-0.3, -0.25) is 10.1 Å². The fraction of sp³-hybridized carbons (Fsp3) is 0.333. The molecule has 2 aromatic rings. The van der Waals surface area contributed by atoms with Gasteiger partial charge in [0.25, 0.3) is 5.69 Å². The zero-order chi connectivity index (χ0) is 20.0. The minimum atomic E-state index is -4.01. The smallest absolute Gasteiger partial charge is 0.293 e. The molecule has 0 unspecified atom stereocenters. The number of nitro groups is 1. The van der Waals surface area contributed by atoms with Gasteiger partial charge in [-0.25, -0.2) is 13.6 Å². The Kier molecular flexibility index (Phi) is 7.23. The number of nitro benzene ring substituents is 1. The van der Waals surface area contributed by atoms with Crippen molar-refractivity contribution in [2.24, 2.45) is 11.1 Å². The molecule has 3 N–H and O–H groups in total. The summed E-state index contributed by atoms with van der Waals surface area (Å²) in [6.45, 7) is 4.17. The third-order valence-corrected chi connectivity index (χ3v) is 5.89. The van der Waals surface area contributed by atoms with Crippen molar-refractivity contribution in [1.29, 1.82) is 0 Å². The minimum Gasteiger partial charge on any atom is -0.376 e. The highest BCUT2D eigenvalue weighted by molar-refractivity contribution is 7.99. The van der Waals surface area contributed by atoms with Gasteiger partial charge >= 0.3 is 0 Å². The molecule has 1 atom stereocenters. The van der Waals surface area contributed by atoms with Gasteiger partial charge in [0, 0.05) is 22.8 Å². The van der Waals surface area contributed by atoms with E-state index in [2.05, 4.69) is 19.2 Å². The largest absolute Gasteiger partial charge is 0.376 e. The summed E-state index contributed by atoms with van der Waals surface area (Å²) >= 11 is 1.66. The van der Waals surface area contributed by atoms with Crippen LogP contribution < -0.4 is 10.5 Å². The average molecular weight is 410 g/mol. The van der Waals surface area contributed by atoms with Crippen molar-refractivity contribution in [2.75, 3.05) is 11.1 Å². The molecule has 0 aliphatic rings. The van der Waals surface area contributed by atoms with Crippen LogP contribution in [0.3, 0.4) is 0 Å². The van der Waals surface area contributed by atoms with E-state index >= 15 is 0 Å². The predicted molar refractivity (Wildman–Crippen MR) is 109 cm³/mol. The maximum atomic E-state index is 11.5. The molecule has 2 rings (SSSR count). The molecule has 9 heteroatoms. The number of sulfonamides is 1. The van der Waals surface area contributed by atoms with E-state index in [0.29, 0.717) is 5.92 Å². The summed E-state index contributed by atoms with van der Waals surface area (Å²) in [7, 11) is -4.01. The second-order valence-corrected chi connectivity index (χ2v) is 9.23. The average Bonchev–Trinajstić information content (AvgIpc) is 2.59. The van der Waals surface area contributed by atoms with Crippen molar-refractivity contribution < 1.29 is 13.3 Å². The summed E-state index contributed by atoms with van der Waals surface area (Å²) in [6.07, 6.45) is 0.813. The molecule has 0 saturated carbocycles. The summed E-state index contributed by atoms with van der Waals surface area (Å²) in [6, 6.07) is 13.6. The van der Waals surface area contributed by atoms with E-state index in [0.717, 1.165) is 23.1 Å². The fourth-order valence-corrected chi connectivity index (χ4v) is 4.13. The first-order valence-electron chi connectivity index (χ1n) is 8.42. The number of benzene rings is 2. The highest BCUT2D eigenvalue weighted by Crippen LogP contribution is 2.30. The third kappa shape index (κ3) is 6.53. The van der Waals surface area contributed by atoms with E-state index in [1.165, 1.54) is 12.1 Å². The number of nitrogens with one attached hydrogen (secondary N) is 1. The fourth-order valence-electron chi connectivity index (χ4n) is 2.63. The second-order valence-electron chi connectivity index (χ2n) is 6.58. The van der Waals surface area contributed by atoms with E-state index in [1.54, 1.807) is 11.8 Å². The van der Waals surface area contributed by atoms with Crippen LogP contribution in [0.15, 0.2) is 58.3 Å². The molecule has 0 heterocycles. The number of nitrogens with two attached hydrogens (primary N) is 1. The monoisotopic (exact) mass is 409 g/mol. The Labute approximate surface area is 163 Å². The molecule has 0 aliphatic heterocycles. The maximum absolute atomic E-state index is 11.5. The second kappa shape index (κ2) is 9.20. The Bertz CT molecular complexity index is 887. The summed E-state index contributed by atoms with van der Waals surface area (Å²) in [4.78, 5) is 11.6. The van der Waals surface area contributed by atoms with Crippen LogP contribution in [0.4, 0.5) is 11.4 Å². The number of nitrogens with zero attached hydrogens (tertiary/aromatic N) is 1. The molecule has 0 saturated heterocycles. The summed E-state index contributed by atoms with van der Waals surface area (Å²) in [5.41, 5.74) is -0.0216. The number of hydrogen-bond acceptors (Lipinski definition) is 6. The van der Waals surface area contributed by atoms with Gasteiger partial charge in [0.1, 0.15) is 5.69 Å². The van der Waals surface area contributed by atoms with Crippen LogP contribution in [-0.4, -0.2) is 25.1 Å². The minimum absolute atomic E-state index is 0.0192. The molecule has 146 valence electrons. The molecular formula is C18H23N3O4S2. The van der Waals surface area contributed by atoms with Crippen LogP contribution in [0.2, 0.25) is 0 Å². The molecule has 0 fully saturated rings. The van der Waals surface area contributed by atoms with Gasteiger partial charge < -0.3 is 5.32 Å². The summed E-state index contributed by atoms with van der Waals surface area (Å²) in [5.74, 6) is 1.11. The number of anilines is 1. The lowest BCUT2D eigenvalue weighted by Crippen LogP contribution is -2.25. The van der Waals surface area contributed by atoms with Crippen molar-refractivity contribution in [1.82, 2.24) is 0 Å². The van der Waals surface area contributed by atoms with Gasteiger partial charge in [-0.15, -0.1) is 11.8 Å². The molecular weight excluding hydrogens is 386 g/mol. The van der Waals surface area contributed by atoms with E-state index in [1.807, 2.05) is 30.3 Å². The van der Waals surface area contributed by atoms with Gasteiger partial charge in [-0.05, 0) is 36.6 Å². The van der Waals surface area contributed by atoms with Gasteiger partial charge in [-0.1, -0.05) is 32.0 Å². The molecule has 2 aromatic carbocycles. The van der Waals surface area contributed by atoms with E-state index in [-0.39, 0.29) is 22.3 Å². The molecule has 7 nitrogen and oxygen atoms in total. The van der Waals surface area contributed by atoms with Crippen molar-refractivity contribution >= 4 is 33.2 Å². The van der Waals surface area contributed by atoms with Crippen LogP contribution in [-0.2, 0) is 10.0 Å². The molecule has 0 bridgehead atoms. The molecule has 0 aromatic heterocycles. The summed E-state index contributed by atoms with van der Waals surface area (Å²) < 4.78 is 23.0. The SMILES string of the molecule is CC(C)C[C@@H](CSc1ccccc1)Nc1ccc(S(N)(=O)=O)cc1[N+](=O)[O-]. The Morgan fingerprint density at radius 2 is 1.85 bits per heavy atom. The zero-order valence-corrected chi connectivity index (χ0v) is 16.8. The first kappa shape index (κ1) is 21.2. The Morgan fingerprint density at radius 3 is 2.41 bits per heavy atom. The van der Waals surface area contributed by atoms with Crippen molar-refractivity contribution in [3.8, 4) is 0 Å². The topological polar surface area (TPSA) is 115 Å². The lowest BCUT2D eigenvalue weighted by molar-refractivity contribution is -0.384. The molecule has 0 spiro atoms. The number of thioether (sulfide) groups is 1. The predicted octanol–water partition coefficient (Wildman–Crippen LogP) is 3.86.